The molecule has 0 saturated carbocycles. The lowest BCUT2D eigenvalue weighted by Crippen LogP contribution is -2.39. The number of nitrogens with zero attached hydrogens (tertiary/aromatic N) is 2. The number of esters is 1. The van der Waals surface area contributed by atoms with E-state index in [1.165, 1.54) is 0 Å². The van der Waals surface area contributed by atoms with Crippen LogP contribution in [0.15, 0.2) is 72.8 Å². The molecule has 1 heterocycles. The summed E-state index contributed by atoms with van der Waals surface area (Å²) < 4.78 is 15.8. The van der Waals surface area contributed by atoms with Crippen LogP contribution in [0, 0.1) is 0 Å². The van der Waals surface area contributed by atoms with Crippen LogP contribution in [0.25, 0.3) is 0 Å². The van der Waals surface area contributed by atoms with Crippen LogP contribution in [0.4, 0.5) is 5.69 Å². The van der Waals surface area contributed by atoms with E-state index in [1.807, 2.05) is 53.4 Å². The summed E-state index contributed by atoms with van der Waals surface area (Å²) in [6.07, 6.45) is 0.482. The molecule has 1 atom stereocenters. The van der Waals surface area contributed by atoms with Crippen LogP contribution in [-0.4, -0.2) is 66.1 Å². The number of rotatable bonds is 12. The van der Waals surface area contributed by atoms with Gasteiger partial charge in [-0.05, 0) is 73.1 Å². The molecule has 1 aliphatic heterocycles. The van der Waals surface area contributed by atoms with Crippen LogP contribution in [0.2, 0.25) is 0 Å². The Kier molecular flexibility index (Phi) is 9.91. The van der Waals surface area contributed by atoms with E-state index < -0.39 is 12.0 Å². The first-order chi connectivity index (χ1) is 19.8. The summed E-state index contributed by atoms with van der Waals surface area (Å²) >= 11 is 5.77. The third-order valence-corrected chi connectivity index (χ3v) is 7.19. The second-order valence-electron chi connectivity index (χ2n) is 9.39. The van der Waals surface area contributed by atoms with Crippen molar-refractivity contribution in [3.8, 4) is 11.5 Å². The molecule has 3 aromatic carbocycles. The number of anilines is 1. The normalized spacial score (nSPS) is 14.7. The Labute approximate surface area is 245 Å². The Balaban J connectivity index is 1.50. The smallest absolute Gasteiger partial charge is 0.338 e. The van der Waals surface area contributed by atoms with Gasteiger partial charge in [-0.25, -0.2) is 4.79 Å². The average molecular weight is 576 g/mol. The molecule has 1 fully saturated rings. The van der Waals surface area contributed by atoms with Crippen molar-refractivity contribution in [1.82, 2.24) is 9.80 Å². The minimum Gasteiger partial charge on any atom is -0.493 e. The predicted molar refractivity (Wildman–Crippen MR) is 159 cm³/mol. The van der Waals surface area contributed by atoms with Gasteiger partial charge in [0, 0.05) is 12.2 Å². The van der Waals surface area contributed by atoms with Crippen molar-refractivity contribution in [1.29, 1.82) is 0 Å². The summed E-state index contributed by atoms with van der Waals surface area (Å²) in [7, 11) is 3.16. The number of ether oxygens (including phenoxy) is 3. The van der Waals surface area contributed by atoms with E-state index in [1.54, 1.807) is 50.3 Å². The number of carbonyl (C=O) groups excluding carboxylic acids is 3. The van der Waals surface area contributed by atoms with Crippen LogP contribution >= 0.6 is 12.2 Å². The third-order valence-electron chi connectivity index (χ3n) is 6.74. The molecule has 9 nitrogen and oxygen atoms in total. The number of nitrogens with one attached hydrogen (secondary N) is 1. The number of methoxy groups -OCH3 is 2. The summed E-state index contributed by atoms with van der Waals surface area (Å²) in [5.41, 5.74) is 2.81. The molecule has 10 heteroatoms. The van der Waals surface area contributed by atoms with Gasteiger partial charge in [-0.1, -0.05) is 36.4 Å². The highest BCUT2D eigenvalue weighted by molar-refractivity contribution is 7.80. The second-order valence-corrected chi connectivity index (χ2v) is 9.76. The first-order valence-corrected chi connectivity index (χ1v) is 13.7. The highest BCUT2D eigenvalue weighted by Gasteiger charge is 2.43. The molecule has 4 rings (SSSR count). The van der Waals surface area contributed by atoms with E-state index in [0.29, 0.717) is 47.4 Å². The number of hydrogen-bond acceptors (Lipinski definition) is 7. The first kappa shape index (κ1) is 29.5. The SMILES string of the molecule is CCOC(=O)c1ccc(NC(=O)C[C@H]2C(=O)N(Cc3ccccc3)C(=S)N2CCc2ccc(OC)c(OC)c2)cc1. The minimum atomic E-state index is -0.759. The molecule has 0 bridgehead atoms. The molecule has 0 aliphatic carbocycles. The van der Waals surface area contributed by atoms with Gasteiger partial charge in [0.2, 0.25) is 5.91 Å². The van der Waals surface area contributed by atoms with Crippen molar-refractivity contribution < 1.29 is 28.6 Å². The third kappa shape index (κ3) is 7.20. The van der Waals surface area contributed by atoms with Gasteiger partial charge in [-0.3, -0.25) is 14.5 Å². The summed E-state index contributed by atoms with van der Waals surface area (Å²) in [5.74, 6) is 0.244. The van der Waals surface area contributed by atoms with Gasteiger partial charge >= 0.3 is 5.97 Å². The summed E-state index contributed by atoms with van der Waals surface area (Å²) in [6, 6.07) is 20.9. The maximum atomic E-state index is 13.6. The molecule has 214 valence electrons. The van der Waals surface area contributed by atoms with E-state index in [-0.39, 0.29) is 24.8 Å². The van der Waals surface area contributed by atoms with Crippen molar-refractivity contribution in [3.63, 3.8) is 0 Å². The van der Waals surface area contributed by atoms with E-state index in [4.69, 9.17) is 26.4 Å². The molecule has 0 radical (unpaired) electrons. The van der Waals surface area contributed by atoms with Crippen LogP contribution < -0.4 is 14.8 Å². The lowest BCUT2D eigenvalue weighted by Gasteiger charge is -2.24. The van der Waals surface area contributed by atoms with Crippen molar-refractivity contribution >= 4 is 40.8 Å². The standard InChI is InChI=1S/C31H33N3O6S/c1-4-40-30(37)23-11-13-24(14-12-23)32-28(35)19-25-29(36)34(20-22-8-6-5-7-9-22)31(41)33(25)17-16-21-10-15-26(38-2)27(18-21)39-3/h5-15,18,25H,4,16-17,19-20H2,1-3H3,(H,32,35)/t25-/m0/s1. The van der Waals surface area contributed by atoms with Crippen LogP contribution in [0.5, 0.6) is 11.5 Å². The average Bonchev–Trinajstić information content (AvgIpc) is 3.20. The van der Waals surface area contributed by atoms with E-state index in [0.717, 1.165) is 11.1 Å². The molecule has 0 aromatic heterocycles. The van der Waals surface area contributed by atoms with Crippen LogP contribution in [0.3, 0.4) is 0 Å². The summed E-state index contributed by atoms with van der Waals surface area (Å²) in [6.45, 7) is 2.76. The zero-order valence-electron chi connectivity index (χ0n) is 23.3. The Morgan fingerprint density at radius 2 is 1.63 bits per heavy atom. The fourth-order valence-corrected chi connectivity index (χ4v) is 5.01. The van der Waals surface area contributed by atoms with Gasteiger partial charge in [0.25, 0.3) is 5.91 Å². The van der Waals surface area contributed by atoms with Crippen LogP contribution in [0.1, 0.15) is 34.8 Å². The van der Waals surface area contributed by atoms with Gasteiger partial charge in [0.15, 0.2) is 16.6 Å². The number of thiocarbonyl (C=S) groups is 1. The Bertz CT molecular complexity index is 1400. The van der Waals surface area contributed by atoms with E-state index in [2.05, 4.69) is 5.32 Å². The van der Waals surface area contributed by atoms with Gasteiger partial charge in [0.1, 0.15) is 6.04 Å². The summed E-state index contributed by atoms with van der Waals surface area (Å²) in [5, 5.41) is 3.21. The molecule has 0 unspecified atom stereocenters. The highest BCUT2D eigenvalue weighted by Crippen LogP contribution is 2.29. The molecule has 1 aliphatic rings. The molecule has 3 aromatic rings. The topological polar surface area (TPSA) is 97.4 Å². The number of carbonyl (C=O) groups is 3. The van der Waals surface area contributed by atoms with Gasteiger partial charge < -0.3 is 24.4 Å². The van der Waals surface area contributed by atoms with Crippen molar-refractivity contribution in [2.75, 3.05) is 32.7 Å². The summed E-state index contributed by atoms with van der Waals surface area (Å²) in [4.78, 5) is 42.0. The second kappa shape index (κ2) is 13.8. The van der Waals surface area contributed by atoms with Crippen molar-refractivity contribution in [2.24, 2.45) is 0 Å². The molecule has 0 spiro atoms. The highest BCUT2D eigenvalue weighted by atomic mass is 32.1. The molecule has 1 saturated heterocycles. The van der Waals surface area contributed by atoms with E-state index >= 15 is 0 Å². The maximum absolute atomic E-state index is 13.6. The maximum Gasteiger partial charge on any atom is 0.338 e. The van der Waals surface area contributed by atoms with Crippen molar-refractivity contribution in [3.05, 3.63) is 89.5 Å². The number of benzene rings is 3. The largest absolute Gasteiger partial charge is 0.493 e. The fraction of sp³-hybridized carbons (Fsp3) is 0.290. The van der Waals surface area contributed by atoms with Gasteiger partial charge in [-0.15, -0.1) is 0 Å². The lowest BCUT2D eigenvalue weighted by atomic mass is 10.1. The van der Waals surface area contributed by atoms with Crippen LogP contribution in [-0.2, 0) is 27.3 Å². The number of amides is 2. The van der Waals surface area contributed by atoms with Gasteiger partial charge in [-0.2, -0.15) is 0 Å². The van der Waals surface area contributed by atoms with Crippen molar-refractivity contribution in [2.45, 2.75) is 32.4 Å². The molecule has 41 heavy (non-hydrogen) atoms. The zero-order valence-corrected chi connectivity index (χ0v) is 24.1. The predicted octanol–water partition coefficient (Wildman–Crippen LogP) is 4.45. The molecule has 1 N–H and O–H groups in total. The number of hydrogen-bond donors (Lipinski definition) is 1. The Morgan fingerprint density at radius 1 is 0.927 bits per heavy atom. The first-order valence-electron chi connectivity index (χ1n) is 13.3. The Hall–Kier alpha value is -4.44. The molecular weight excluding hydrogens is 542 g/mol. The fourth-order valence-electron chi connectivity index (χ4n) is 4.63. The molecular formula is C31H33N3O6S. The van der Waals surface area contributed by atoms with E-state index in [9.17, 15) is 14.4 Å². The zero-order chi connectivity index (χ0) is 29.4. The monoisotopic (exact) mass is 575 g/mol. The van der Waals surface area contributed by atoms with Gasteiger partial charge in [0.05, 0.1) is 39.4 Å². The Morgan fingerprint density at radius 3 is 2.29 bits per heavy atom. The lowest BCUT2D eigenvalue weighted by molar-refractivity contribution is -0.131. The quantitative estimate of drug-likeness (QED) is 0.250. The molecule has 2 amide bonds. The minimum absolute atomic E-state index is 0.0875.